The standard InChI is InChI=1S/C21H21BrN4O3/c1-4-9-29-21(28)17-11-16(22)6-7-18(17)24-20(27)15-5-8-19(23-12-15)26-14(3)10-13(2)25-26/h5-8,10-12H,4,9H2,1-3H3,(H,24,27). The number of pyridine rings is 1. The number of carbonyl (C=O) groups is 2. The van der Waals surface area contributed by atoms with E-state index in [-0.39, 0.29) is 11.5 Å². The Morgan fingerprint density at radius 2 is 1.97 bits per heavy atom. The van der Waals surface area contributed by atoms with E-state index in [4.69, 9.17) is 4.74 Å². The van der Waals surface area contributed by atoms with Gasteiger partial charge >= 0.3 is 5.97 Å². The zero-order chi connectivity index (χ0) is 21.0. The molecule has 0 bridgehead atoms. The van der Waals surface area contributed by atoms with Crippen LogP contribution < -0.4 is 5.32 Å². The summed E-state index contributed by atoms with van der Waals surface area (Å²) in [5.74, 6) is -0.231. The Kier molecular flexibility index (Phi) is 6.43. The van der Waals surface area contributed by atoms with Crippen molar-refractivity contribution in [2.45, 2.75) is 27.2 Å². The molecule has 1 N–H and O–H groups in total. The SMILES string of the molecule is CCCOC(=O)c1cc(Br)ccc1NC(=O)c1ccc(-n2nc(C)cc2C)nc1. The Hall–Kier alpha value is -3.00. The van der Waals surface area contributed by atoms with Crippen LogP contribution >= 0.6 is 15.9 Å². The second-order valence-electron chi connectivity index (χ2n) is 6.52. The normalized spacial score (nSPS) is 10.6. The van der Waals surface area contributed by atoms with Gasteiger partial charge in [-0.25, -0.2) is 14.5 Å². The summed E-state index contributed by atoms with van der Waals surface area (Å²) in [4.78, 5) is 29.3. The largest absolute Gasteiger partial charge is 0.462 e. The third kappa shape index (κ3) is 4.89. The van der Waals surface area contributed by atoms with Gasteiger partial charge in [0, 0.05) is 16.4 Å². The molecular formula is C21H21BrN4O3. The van der Waals surface area contributed by atoms with Gasteiger partial charge < -0.3 is 10.1 Å². The number of ether oxygens (including phenoxy) is 1. The minimum Gasteiger partial charge on any atom is -0.462 e. The number of hydrogen-bond acceptors (Lipinski definition) is 5. The number of hydrogen-bond donors (Lipinski definition) is 1. The number of amides is 1. The summed E-state index contributed by atoms with van der Waals surface area (Å²) < 4.78 is 7.64. The Labute approximate surface area is 177 Å². The summed E-state index contributed by atoms with van der Waals surface area (Å²) in [7, 11) is 0. The molecule has 1 amide bonds. The van der Waals surface area contributed by atoms with Crippen molar-refractivity contribution >= 4 is 33.5 Å². The number of nitrogens with one attached hydrogen (secondary N) is 1. The lowest BCUT2D eigenvalue weighted by Crippen LogP contribution is -2.16. The summed E-state index contributed by atoms with van der Waals surface area (Å²) in [6.45, 7) is 6.08. The molecule has 2 heterocycles. The van der Waals surface area contributed by atoms with E-state index in [2.05, 4.69) is 31.3 Å². The van der Waals surface area contributed by atoms with E-state index in [9.17, 15) is 9.59 Å². The van der Waals surface area contributed by atoms with Gasteiger partial charge in [-0.3, -0.25) is 4.79 Å². The van der Waals surface area contributed by atoms with E-state index < -0.39 is 5.97 Å². The molecule has 0 spiro atoms. The molecule has 2 aromatic heterocycles. The fourth-order valence-corrected chi connectivity index (χ4v) is 3.13. The molecule has 3 aromatic rings. The van der Waals surface area contributed by atoms with Crippen LogP contribution in [-0.4, -0.2) is 33.2 Å². The summed E-state index contributed by atoms with van der Waals surface area (Å²) in [5, 5.41) is 7.15. The van der Waals surface area contributed by atoms with Gasteiger partial charge in [0.15, 0.2) is 5.82 Å². The molecule has 0 atom stereocenters. The van der Waals surface area contributed by atoms with E-state index in [0.29, 0.717) is 30.1 Å². The molecule has 0 unspecified atom stereocenters. The molecule has 1 aromatic carbocycles. The maximum absolute atomic E-state index is 12.7. The number of rotatable bonds is 6. The van der Waals surface area contributed by atoms with Gasteiger partial charge in [-0.15, -0.1) is 0 Å². The molecule has 8 heteroatoms. The highest BCUT2D eigenvalue weighted by Crippen LogP contribution is 2.23. The number of aryl methyl sites for hydroxylation is 2. The first-order valence-corrected chi connectivity index (χ1v) is 9.96. The van der Waals surface area contributed by atoms with E-state index in [0.717, 1.165) is 15.9 Å². The maximum atomic E-state index is 12.7. The molecule has 0 aliphatic heterocycles. The predicted molar refractivity (Wildman–Crippen MR) is 114 cm³/mol. The minimum atomic E-state index is -0.485. The molecular weight excluding hydrogens is 436 g/mol. The fourth-order valence-electron chi connectivity index (χ4n) is 2.77. The zero-order valence-electron chi connectivity index (χ0n) is 16.4. The molecule has 7 nitrogen and oxygen atoms in total. The van der Waals surface area contributed by atoms with Gasteiger partial charge in [-0.05, 0) is 56.7 Å². The van der Waals surface area contributed by atoms with Crippen molar-refractivity contribution in [2.75, 3.05) is 11.9 Å². The van der Waals surface area contributed by atoms with Crippen LogP contribution in [0.25, 0.3) is 5.82 Å². The number of carbonyl (C=O) groups excluding carboxylic acids is 2. The second kappa shape index (κ2) is 9.00. The van der Waals surface area contributed by atoms with Gasteiger partial charge in [0.25, 0.3) is 5.91 Å². The van der Waals surface area contributed by atoms with Crippen molar-refractivity contribution in [2.24, 2.45) is 0 Å². The number of halogens is 1. The van der Waals surface area contributed by atoms with E-state index >= 15 is 0 Å². The van der Waals surface area contributed by atoms with Gasteiger partial charge in [0.1, 0.15) is 0 Å². The van der Waals surface area contributed by atoms with Crippen LogP contribution in [0.3, 0.4) is 0 Å². The molecule has 0 aliphatic carbocycles. The third-order valence-corrected chi connectivity index (χ3v) is 4.62. The topological polar surface area (TPSA) is 86.1 Å². The first-order chi connectivity index (χ1) is 13.9. The number of aromatic nitrogens is 3. The lowest BCUT2D eigenvalue weighted by atomic mass is 10.1. The minimum absolute atomic E-state index is 0.286. The van der Waals surface area contributed by atoms with Crippen LogP contribution in [-0.2, 0) is 4.74 Å². The van der Waals surface area contributed by atoms with Crippen LogP contribution in [0.5, 0.6) is 0 Å². The Morgan fingerprint density at radius 1 is 1.17 bits per heavy atom. The highest BCUT2D eigenvalue weighted by molar-refractivity contribution is 9.10. The van der Waals surface area contributed by atoms with Crippen molar-refractivity contribution in [1.29, 1.82) is 0 Å². The van der Waals surface area contributed by atoms with Gasteiger partial charge in [0.05, 0.1) is 29.1 Å². The van der Waals surface area contributed by atoms with Crippen LogP contribution in [0, 0.1) is 13.8 Å². The number of anilines is 1. The molecule has 3 rings (SSSR count). The molecule has 0 saturated heterocycles. The molecule has 29 heavy (non-hydrogen) atoms. The molecule has 0 radical (unpaired) electrons. The van der Waals surface area contributed by atoms with Gasteiger partial charge in [-0.1, -0.05) is 22.9 Å². The summed E-state index contributed by atoms with van der Waals surface area (Å²) in [6, 6.07) is 10.4. The van der Waals surface area contributed by atoms with Crippen LogP contribution in [0.1, 0.15) is 45.4 Å². The molecule has 0 aliphatic rings. The van der Waals surface area contributed by atoms with Crippen LogP contribution in [0.15, 0.2) is 47.1 Å². The second-order valence-corrected chi connectivity index (χ2v) is 7.44. The van der Waals surface area contributed by atoms with Gasteiger partial charge in [0.2, 0.25) is 0 Å². The highest BCUT2D eigenvalue weighted by atomic mass is 79.9. The maximum Gasteiger partial charge on any atom is 0.340 e. The molecule has 0 saturated carbocycles. The highest BCUT2D eigenvalue weighted by Gasteiger charge is 2.17. The van der Waals surface area contributed by atoms with Crippen molar-refractivity contribution < 1.29 is 14.3 Å². The summed E-state index contributed by atoms with van der Waals surface area (Å²) in [6.07, 6.45) is 2.20. The third-order valence-electron chi connectivity index (χ3n) is 4.12. The number of esters is 1. The quantitative estimate of drug-likeness (QED) is 0.553. The van der Waals surface area contributed by atoms with Crippen LogP contribution in [0.4, 0.5) is 5.69 Å². The average molecular weight is 457 g/mol. The van der Waals surface area contributed by atoms with Crippen molar-refractivity contribution in [3.05, 3.63) is 69.6 Å². The predicted octanol–water partition coefficient (Wildman–Crippen LogP) is 4.47. The summed E-state index contributed by atoms with van der Waals surface area (Å²) in [5.41, 5.74) is 2.88. The van der Waals surface area contributed by atoms with E-state index in [1.54, 1.807) is 35.0 Å². The van der Waals surface area contributed by atoms with E-state index in [1.165, 1.54) is 6.20 Å². The summed E-state index contributed by atoms with van der Waals surface area (Å²) >= 11 is 3.34. The van der Waals surface area contributed by atoms with E-state index in [1.807, 2.05) is 26.8 Å². The van der Waals surface area contributed by atoms with Crippen LogP contribution in [0.2, 0.25) is 0 Å². The average Bonchev–Trinajstić information content (AvgIpc) is 3.05. The Bertz CT molecular complexity index is 1040. The zero-order valence-corrected chi connectivity index (χ0v) is 18.0. The molecule has 0 fully saturated rings. The molecule has 150 valence electrons. The van der Waals surface area contributed by atoms with Crippen molar-refractivity contribution in [3.8, 4) is 5.82 Å². The van der Waals surface area contributed by atoms with Gasteiger partial charge in [-0.2, -0.15) is 5.10 Å². The Morgan fingerprint density at radius 3 is 2.59 bits per heavy atom. The first-order valence-electron chi connectivity index (χ1n) is 9.16. The lowest BCUT2D eigenvalue weighted by Gasteiger charge is -2.12. The van der Waals surface area contributed by atoms with Crippen molar-refractivity contribution in [1.82, 2.24) is 14.8 Å². The number of nitrogens with zero attached hydrogens (tertiary/aromatic N) is 3. The monoisotopic (exact) mass is 456 g/mol. The van der Waals surface area contributed by atoms with Crippen molar-refractivity contribution in [3.63, 3.8) is 0 Å². The smallest absolute Gasteiger partial charge is 0.340 e. The Balaban J connectivity index is 1.80. The first kappa shape index (κ1) is 20.7. The lowest BCUT2D eigenvalue weighted by molar-refractivity contribution is 0.0506. The fraction of sp³-hybridized carbons (Fsp3) is 0.238. The number of benzene rings is 1.